The molecule has 1 N–H and O–H groups in total. The fourth-order valence-electron chi connectivity index (χ4n) is 0.0962. The summed E-state index contributed by atoms with van der Waals surface area (Å²) in [7, 11) is -0.923. The van der Waals surface area contributed by atoms with Gasteiger partial charge in [0, 0.05) is 4.91 Å². The monoisotopic (exact) mass is 116 g/mol. The first-order chi connectivity index (χ1) is 3.18. The van der Waals surface area contributed by atoms with Crippen molar-refractivity contribution >= 4 is 16.6 Å². The summed E-state index contributed by atoms with van der Waals surface area (Å²) < 4.78 is 8.57. The molecule has 0 aromatic heterocycles. The van der Waals surface area contributed by atoms with Gasteiger partial charge in [-0.2, -0.15) is 0 Å². The van der Waals surface area contributed by atoms with E-state index < -0.39 is 10.8 Å². The van der Waals surface area contributed by atoms with Crippen LogP contribution in [0, 0.1) is 0 Å². The van der Waals surface area contributed by atoms with Gasteiger partial charge < -0.3 is 4.55 Å². The third-order valence-electron chi connectivity index (χ3n) is 0.530. The van der Waals surface area contributed by atoms with Crippen molar-refractivity contribution in [2.75, 3.05) is 0 Å². The molecule has 0 saturated heterocycles. The van der Waals surface area contributed by atoms with E-state index in [9.17, 15) is 0 Å². The van der Waals surface area contributed by atoms with Crippen LogP contribution in [0.15, 0.2) is 24.1 Å². The van der Waals surface area contributed by atoms with E-state index in [1.165, 1.54) is 6.08 Å². The van der Waals surface area contributed by atoms with Gasteiger partial charge in [0.05, 0.1) is 0 Å². The molecule has 0 aliphatic carbocycles. The van der Waals surface area contributed by atoms with Crippen molar-refractivity contribution < 1.29 is 4.55 Å². The Morgan fingerprint density at radius 1 is 1.71 bits per heavy atom. The minimum absolute atomic E-state index is 0.583. The summed E-state index contributed by atoms with van der Waals surface area (Å²) in [4.78, 5) is 0.583. The van der Waals surface area contributed by atoms with Crippen LogP contribution in [0.1, 0.15) is 0 Å². The Balaban J connectivity index is 3.81. The molecular weight excluding hydrogens is 108 g/mol. The van der Waals surface area contributed by atoms with E-state index in [2.05, 4.69) is 19.0 Å². The first-order valence-corrected chi connectivity index (χ1v) is 3.08. The molecule has 0 spiro atoms. The summed E-state index contributed by atoms with van der Waals surface area (Å²) in [6.07, 6.45) is 1.50. The molecule has 40 valence electrons. The summed E-state index contributed by atoms with van der Waals surface area (Å²) in [5, 5.41) is 0. The van der Waals surface area contributed by atoms with Gasteiger partial charge in [-0.1, -0.05) is 19.2 Å². The fourth-order valence-corrected chi connectivity index (χ4v) is 0.289. The maximum Gasteiger partial charge on any atom is 0.0186 e. The first-order valence-electron chi connectivity index (χ1n) is 1.73. The summed E-state index contributed by atoms with van der Waals surface area (Å²) in [6, 6.07) is 0. The van der Waals surface area contributed by atoms with Crippen LogP contribution in [0.4, 0.5) is 0 Å². The second-order valence-electron chi connectivity index (χ2n) is 1.04. The van der Waals surface area contributed by atoms with Gasteiger partial charge >= 0.3 is 0 Å². The summed E-state index contributed by atoms with van der Waals surface area (Å²) >= 11 is 0. The molecule has 0 bridgehead atoms. The Kier molecular flexibility index (Phi) is 2.64. The number of rotatable bonds is 2. The quantitative estimate of drug-likeness (QED) is 0.431. The van der Waals surface area contributed by atoms with E-state index in [0.717, 1.165) is 0 Å². The zero-order chi connectivity index (χ0) is 5.86. The molecular formula is C5H8OS. The minimum atomic E-state index is -0.923. The largest absolute Gasteiger partial charge is 0.333 e. The molecule has 0 fully saturated rings. The highest BCUT2D eigenvalue weighted by atomic mass is 32.2. The van der Waals surface area contributed by atoms with E-state index in [-0.39, 0.29) is 0 Å². The van der Waals surface area contributed by atoms with Crippen molar-refractivity contribution in [1.82, 2.24) is 0 Å². The van der Waals surface area contributed by atoms with E-state index in [0.29, 0.717) is 4.91 Å². The number of hydrogen-bond donors (Lipinski definition) is 1. The predicted molar refractivity (Wildman–Crippen MR) is 36.7 cm³/mol. The lowest BCUT2D eigenvalue weighted by Gasteiger charge is -1.91. The first kappa shape index (κ1) is 6.66. The maximum absolute atomic E-state index is 8.57. The zero-order valence-electron chi connectivity index (χ0n) is 4.05. The van der Waals surface area contributed by atoms with Crippen LogP contribution in [-0.2, 0) is 0 Å². The van der Waals surface area contributed by atoms with Crippen LogP contribution in [-0.4, -0.2) is 10.4 Å². The Bertz CT molecular complexity index is 115. The molecule has 7 heavy (non-hydrogen) atoms. The van der Waals surface area contributed by atoms with Crippen LogP contribution in [0.25, 0.3) is 0 Å². The van der Waals surface area contributed by atoms with Gasteiger partial charge in [-0.15, -0.1) is 0 Å². The van der Waals surface area contributed by atoms with E-state index >= 15 is 0 Å². The fraction of sp³-hybridized carbons (Fsp3) is 0. The topological polar surface area (TPSA) is 20.2 Å². The second kappa shape index (κ2) is 2.77. The normalized spacial score (nSPS) is 12.7. The molecule has 0 aromatic carbocycles. The summed E-state index contributed by atoms with van der Waals surface area (Å²) in [5.74, 6) is 3.32. The molecule has 0 radical (unpaired) electrons. The van der Waals surface area contributed by atoms with Crippen molar-refractivity contribution in [3.05, 3.63) is 24.1 Å². The molecule has 0 heterocycles. The van der Waals surface area contributed by atoms with Crippen LogP contribution >= 0.6 is 10.8 Å². The number of allylic oxidation sites excluding steroid dienone is 1. The highest BCUT2D eigenvalue weighted by Gasteiger charge is 1.81. The second-order valence-corrected chi connectivity index (χ2v) is 2.29. The minimum Gasteiger partial charge on any atom is -0.333 e. The summed E-state index contributed by atoms with van der Waals surface area (Å²) in [6.45, 7) is 6.84. The lowest BCUT2D eigenvalue weighted by atomic mass is 10.6. The van der Waals surface area contributed by atoms with Crippen molar-refractivity contribution in [2.24, 2.45) is 0 Å². The molecule has 1 atom stereocenters. The van der Waals surface area contributed by atoms with Gasteiger partial charge in [-0.05, 0) is 16.6 Å². The number of hydrogen-bond acceptors (Lipinski definition) is 1. The molecule has 0 saturated carbocycles. The highest BCUT2D eigenvalue weighted by molar-refractivity contribution is 8.12. The van der Waals surface area contributed by atoms with Crippen LogP contribution < -0.4 is 0 Å². The molecule has 2 heteroatoms. The lowest BCUT2D eigenvalue weighted by molar-refractivity contribution is 0.667. The van der Waals surface area contributed by atoms with Crippen LogP contribution in [0.5, 0.6) is 0 Å². The molecule has 0 aliphatic heterocycles. The average Bonchev–Trinajstić information content (AvgIpc) is 1.65. The standard InChI is InChI=1S/C5H8OS/c1-4-5(2)7(3)6/h4,6H,1-3H2. The van der Waals surface area contributed by atoms with Gasteiger partial charge in [-0.3, -0.25) is 0 Å². The van der Waals surface area contributed by atoms with Crippen molar-refractivity contribution in [3.8, 4) is 0 Å². The van der Waals surface area contributed by atoms with Crippen LogP contribution in [0.2, 0.25) is 0 Å². The molecule has 0 aliphatic rings. The Hall–Kier alpha value is -0.340. The average molecular weight is 116 g/mol. The molecule has 1 unspecified atom stereocenters. The third-order valence-corrected chi connectivity index (χ3v) is 1.30. The van der Waals surface area contributed by atoms with E-state index in [1.54, 1.807) is 0 Å². The summed E-state index contributed by atoms with van der Waals surface area (Å²) in [5.41, 5.74) is 0. The van der Waals surface area contributed by atoms with Crippen molar-refractivity contribution in [1.29, 1.82) is 0 Å². The van der Waals surface area contributed by atoms with Crippen LogP contribution in [0.3, 0.4) is 0 Å². The Labute approximate surface area is 46.1 Å². The van der Waals surface area contributed by atoms with Gasteiger partial charge in [0.15, 0.2) is 0 Å². The van der Waals surface area contributed by atoms with Gasteiger partial charge in [0.2, 0.25) is 0 Å². The molecule has 0 rings (SSSR count). The van der Waals surface area contributed by atoms with Gasteiger partial charge in [0.25, 0.3) is 0 Å². The van der Waals surface area contributed by atoms with E-state index in [4.69, 9.17) is 4.55 Å². The third kappa shape index (κ3) is 2.37. The van der Waals surface area contributed by atoms with Gasteiger partial charge in [0.1, 0.15) is 0 Å². The smallest absolute Gasteiger partial charge is 0.0186 e. The van der Waals surface area contributed by atoms with E-state index in [1.807, 2.05) is 0 Å². The molecule has 0 amide bonds. The van der Waals surface area contributed by atoms with Crippen molar-refractivity contribution in [2.45, 2.75) is 0 Å². The van der Waals surface area contributed by atoms with Gasteiger partial charge in [-0.25, -0.2) is 0 Å². The molecule has 0 aromatic rings. The lowest BCUT2D eigenvalue weighted by Crippen LogP contribution is -1.64. The zero-order valence-corrected chi connectivity index (χ0v) is 4.87. The molecule has 1 nitrogen and oxygen atoms in total. The maximum atomic E-state index is 8.57. The predicted octanol–water partition coefficient (Wildman–Crippen LogP) is 1.86. The highest BCUT2D eigenvalue weighted by Crippen LogP contribution is 2.14. The van der Waals surface area contributed by atoms with Crippen molar-refractivity contribution in [3.63, 3.8) is 0 Å². The SMILES string of the molecule is C=CC(=C)S(=C)O. The Morgan fingerprint density at radius 2 is 2.14 bits per heavy atom. The Morgan fingerprint density at radius 3 is 2.14 bits per heavy atom.